The van der Waals surface area contributed by atoms with Crippen LogP contribution in [0.5, 0.6) is 11.5 Å². The predicted octanol–water partition coefficient (Wildman–Crippen LogP) is 7.59. The topological polar surface area (TPSA) is 121 Å². The molecule has 3 aromatic carbocycles. The van der Waals surface area contributed by atoms with Gasteiger partial charge in [0.25, 0.3) is 0 Å². The van der Waals surface area contributed by atoms with Crippen molar-refractivity contribution in [3.63, 3.8) is 0 Å². The fourth-order valence-corrected chi connectivity index (χ4v) is 5.12. The third-order valence-corrected chi connectivity index (χ3v) is 7.19. The summed E-state index contributed by atoms with van der Waals surface area (Å²) in [6.45, 7) is 6.30. The summed E-state index contributed by atoms with van der Waals surface area (Å²) in [5.41, 5.74) is 7.69. The smallest absolute Gasteiger partial charge is 0.312 e. The summed E-state index contributed by atoms with van der Waals surface area (Å²) in [4.78, 5) is 23.9. The van der Waals surface area contributed by atoms with E-state index in [2.05, 4.69) is 57.0 Å². The van der Waals surface area contributed by atoms with E-state index in [0.717, 1.165) is 28.2 Å². The predicted molar refractivity (Wildman–Crippen MR) is 170 cm³/mol. The number of furan rings is 1. The Bertz CT molecular complexity index is 1820. The van der Waals surface area contributed by atoms with Crippen LogP contribution >= 0.6 is 15.9 Å². The number of rotatable bonds is 11. The molecule has 0 fully saturated rings. The minimum Gasteiger partial charge on any atom is -0.486 e. The molecular formula is C33H29BrN4O6. The average Bonchev–Trinajstić information content (AvgIpc) is 3.61. The van der Waals surface area contributed by atoms with Crippen LogP contribution < -0.4 is 14.9 Å². The zero-order valence-electron chi connectivity index (χ0n) is 24.2. The Hall–Kier alpha value is -5.16. The maximum Gasteiger partial charge on any atom is 0.312 e. The number of carbonyl (C=O) groups is 1. The van der Waals surface area contributed by atoms with Gasteiger partial charge >= 0.3 is 11.6 Å². The van der Waals surface area contributed by atoms with Crippen molar-refractivity contribution in [2.75, 3.05) is 0 Å². The van der Waals surface area contributed by atoms with Crippen molar-refractivity contribution in [3.8, 4) is 17.2 Å². The average molecular weight is 658 g/mol. The highest BCUT2D eigenvalue weighted by Crippen LogP contribution is 2.34. The number of nitro groups is 1. The molecule has 5 rings (SSSR count). The summed E-state index contributed by atoms with van der Waals surface area (Å²) in [5.74, 6) is 0.579. The van der Waals surface area contributed by atoms with Gasteiger partial charge in [-0.1, -0.05) is 45.8 Å². The van der Waals surface area contributed by atoms with Gasteiger partial charge in [-0.2, -0.15) is 5.10 Å². The first-order valence-corrected chi connectivity index (χ1v) is 14.4. The lowest BCUT2D eigenvalue weighted by molar-refractivity contribution is -0.386. The van der Waals surface area contributed by atoms with Crippen LogP contribution in [0.3, 0.4) is 0 Å². The minimum atomic E-state index is -0.596. The number of nitrogens with zero attached hydrogens (tertiary/aromatic N) is 3. The maximum absolute atomic E-state index is 12.7. The van der Waals surface area contributed by atoms with Crippen molar-refractivity contribution in [1.29, 1.82) is 0 Å². The second-order valence-electron chi connectivity index (χ2n) is 10.1. The van der Waals surface area contributed by atoms with Crippen LogP contribution in [0.25, 0.3) is 5.69 Å². The number of nitro benzene ring substituents is 1. The van der Waals surface area contributed by atoms with Gasteiger partial charge in [0.15, 0.2) is 5.76 Å². The highest BCUT2D eigenvalue weighted by Gasteiger charge is 2.21. The van der Waals surface area contributed by atoms with Gasteiger partial charge in [0, 0.05) is 33.2 Å². The Morgan fingerprint density at radius 2 is 1.73 bits per heavy atom. The monoisotopic (exact) mass is 656 g/mol. The molecule has 0 aliphatic heterocycles. The molecule has 0 radical (unpaired) electrons. The quantitative estimate of drug-likeness (QED) is 0.0888. The van der Waals surface area contributed by atoms with Gasteiger partial charge in [-0.15, -0.1) is 0 Å². The maximum atomic E-state index is 12.7. The standard InChI is InChI=1S/C33H29BrN4O6/c1-21-5-4-6-24(15-21)19-43-32-25(16-26(34)17-30(32)38(40)41)18-35-36-33(39)31-14-13-29(44-31)20-42-28-11-9-27(10-12-28)37-22(2)7-8-23(37)3/h4-18H,19-20H2,1-3H3,(H,36,39)/b35-18+. The first kappa shape index (κ1) is 30.3. The van der Waals surface area contributed by atoms with Crippen molar-refractivity contribution in [2.45, 2.75) is 34.0 Å². The fraction of sp³-hybridized carbons (Fsp3) is 0.152. The van der Waals surface area contributed by atoms with E-state index in [4.69, 9.17) is 13.9 Å². The lowest BCUT2D eigenvalue weighted by Gasteiger charge is -2.11. The largest absolute Gasteiger partial charge is 0.486 e. The second kappa shape index (κ2) is 13.4. The Labute approximate surface area is 262 Å². The Morgan fingerprint density at radius 1 is 0.977 bits per heavy atom. The number of amides is 1. The minimum absolute atomic E-state index is 0.0294. The van der Waals surface area contributed by atoms with Gasteiger partial charge in [-0.25, -0.2) is 5.43 Å². The number of halogens is 1. The molecule has 0 unspecified atom stereocenters. The molecule has 224 valence electrons. The lowest BCUT2D eigenvalue weighted by Crippen LogP contribution is -2.17. The molecule has 0 aliphatic rings. The highest BCUT2D eigenvalue weighted by molar-refractivity contribution is 9.10. The van der Waals surface area contributed by atoms with Crippen LogP contribution in [-0.2, 0) is 13.2 Å². The molecule has 2 heterocycles. The number of hydrogen-bond donors (Lipinski definition) is 1. The fourth-order valence-electron chi connectivity index (χ4n) is 4.66. The number of aryl methyl sites for hydroxylation is 3. The zero-order chi connectivity index (χ0) is 31.2. The molecule has 5 aromatic rings. The molecule has 2 aromatic heterocycles. The molecule has 0 aliphatic carbocycles. The van der Waals surface area contributed by atoms with Crippen molar-refractivity contribution in [2.24, 2.45) is 5.10 Å². The van der Waals surface area contributed by atoms with E-state index in [0.29, 0.717) is 21.5 Å². The van der Waals surface area contributed by atoms with Gasteiger partial charge < -0.3 is 18.5 Å². The molecular weight excluding hydrogens is 628 g/mol. The normalized spacial score (nSPS) is 11.1. The summed E-state index contributed by atoms with van der Waals surface area (Å²) in [6.07, 6.45) is 1.29. The first-order chi connectivity index (χ1) is 21.2. The van der Waals surface area contributed by atoms with Crippen LogP contribution in [0.1, 0.15) is 44.4 Å². The van der Waals surface area contributed by atoms with Gasteiger partial charge in [0.1, 0.15) is 24.7 Å². The molecule has 1 N–H and O–H groups in total. The van der Waals surface area contributed by atoms with E-state index < -0.39 is 10.8 Å². The molecule has 0 bridgehead atoms. The molecule has 11 heteroatoms. The summed E-state index contributed by atoms with van der Waals surface area (Å²) >= 11 is 3.29. The van der Waals surface area contributed by atoms with Crippen LogP contribution in [0.2, 0.25) is 0 Å². The number of nitrogens with one attached hydrogen (secondary N) is 1. The van der Waals surface area contributed by atoms with Crippen LogP contribution in [0.15, 0.2) is 98.9 Å². The molecule has 1 amide bonds. The molecule has 10 nitrogen and oxygen atoms in total. The second-order valence-corrected chi connectivity index (χ2v) is 11.0. The van der Waals surface area contributed by atoms with Gasteiger partial charge in [0.05, 0.1) is 11.1 Å². The zero-order valence-corrected chi connectivity index (χ0v) is 25.8. The summed E-state index contributed by atoms with van der Waals surface area (Å²) < 4.78 is 20.0. The number of carbonyl (C=O) groups excluding carboxylic acids is 1. The summed E-state index contributed by atoms with van der Waals surface area (Å²) in [6, 6.07) is 25.6. The SMILES string of the molecule is Cc1cccc(COc2c(/C=N/NC(=O)c3ccc(COc4ccc(-n5c(C)ccc5C)cc4)o3)cc(Br)cc2[N+](=O)[O-])c1. The third-order valence-electron chi connectivity index (χ3n) is 6.73. The van der Waals surface area contributed by atoms with Crippen molar-refractivity contribution >= 4 is 33.7 Å². The van der Waals surface area contributed by atoms with Crippen molar-refractivity contribution in [3.05, 3.63) is 139 Å². The number of hydrazone groups is 1. The number of benzene rings is 3. The Kier molecular flexibility index (Phi) is 9.25. The van der Waals surface area contributed by atoms with Crippen LogP contribution in [0, 0.1) is 30.9 Å². The van der Waals surface area contributed by atoms with E-state index in [-0.39, 0.29) is 30.4 Å². The van der Waals surface area contributed by atoms with Gasteiger partial charge in [-0.3, -0.25) is 14.9 Å². The Balaban J connectivity index is 1.21. The van der Waals surface area contributed by atoms with Gasteiger partial charge in [0.2, 0.25) is 5.75 Å². The van der Waals surface area contributed by atoms with Gasteiger partial charge in [-0.05, 0) is 80.9 Å². The van der Waals surface area contributed by atoms with Crippen molar-refractivity contribution < 1.29 is 23.6 Å². The van der Waals surface area contributed by atoms with E-state index in [9.17, 15) is 14.9 Å². The van der Waals surface area contributed by atoms with Crippen molar-refractivity contribution in [1.82, 2.24) is 9.99 Å². The van der Waals surface area contributed by atoms with Crippen LogP contribution in [-0.4, -0.2) is 21.6 Å². The molecule has 0 saturated heterocycles. The lowest BCUT2D eigenvalue weighted by atomic mass is 10.1. The highest BCUT2D eigenvalue weighted by atomic mass is 79.9. The van der Waals surface area contributed by atoms with E-state index >= 15 is 0 Å². The van der Waals surface area contributed by atoms with E-state index in [1.165, 1.54) is 18.3 Å². The van der Waals surface area contributed by atoms with Crippen LogP contribution in [0.4, 0.5) is 5.69 Å². The third kappa shape index (κ3) is 7.24. The summed E-state index contributed by atoms with van der Waals surface area (Å²) in [5, 5.41) is 15.8. The van der Waals surface area contributed by atoms with E-state index in [1.54, 1.807) is 12.1 Å². The number of aromatic nitrogens is 1. The number of hydrogen-bond acceptors (Lipinski definition) is 7. The molecule has 0 saturated carbocycles. The summed E-state index contributed by atoms with van der Waals surface area (Å²) in [7, 11) is 0. The molecule has 0 atom stereocenters. The van der Waals surface area contributed by atoms with E-state index in [1.807, 2.05) is 55.5 Å². The molecule has 0 spiro atoms. The number of ether oxygens (including phenoxy) is 2. The Morgan fingerprint density at radius 3 is 2.43 bits per heavy atom. The first-order valence-electron chi connectivity index (χ1n) is 13.6. The molecule has 44 heavy (non-hydrogen) atoms.